The van der Waals surface area contributed by atoms with Gasteiger partial charge in [-0.1, -0.05) is 36.1 Å². The number of ether oxygens (including phenoxy) is 2. The molecule has 1 atom stereocenters. The van der Waals surface area contributed by atoms with Gasteiger partial charge in [-0.3, -0.25) is 4.79 Å². The molecule has 0 aliphatic carbocycles. The minimum absolute atomic E-state index is 0.0289. The van der Waals surface area contributed by atoms with Crippen molar-refractivity contribution < 1.29 is 14.3 Å². The molecule has 0 unspecified atom stereocenters. The van der Waals surface area contributed by atoms with Crippen molar-refractivity contribution >= 4 is 5.91 Å². The third-order valence-electron chi connectivity index (χ3n) is 3.91. The van der Waals surface area contributed by atoms with Crippen LogP contribution in [0.5, 0.6) is 11.5 Å². The van der Waals surface area contributed by atoms with Crippen molar-refractivity contribution in [3.8, 4) is 23.3 Å². The number of rotatable bonds is 3. The minimum atomic E-state index is -0.190. The van der Waals surface area contributed by atoms with E-state index in [0.29, 0.717) is 19.6 Å². The first kappa shape index (κ1) is 15.9. The van der Waals surface area contributed by atoms with Crippen LogP contribution in [0.3, 0.4) is 0 Å². The molecule has 4 heteroatoms. The first-order chi connectivity index (χ1) is 11.8. The maximum Gasteiger partial charge on any atom is 0.227 e. The van der Waals surface area contributed by atoms with Crippen LogP contribution >= 0.6 is 0 Å². The van der Waals surface area contributed by atoms with Gasteiger partial charge < -0.3 is 14.8 Å². The fraction of sp³-hybridized carbons (Fsp3) is 0.250. The van der Waals surface area contributed by atoms with Gasteiger partial charge in [0.2, 0.25) is 5.91 Å². The van der Waals surface area contributed by atoms with Crippen LogP contribution in [0.15, 0.2) is 48.5 Å². The van der Waals surface area contributed by atoms with Gasteiger partial charge in [0.25, 0.3) is 0 Å². The monoisotopic (exact) mass is 321 g/mol. The number of nitrogens with one attached hydrogen (secondary N) is 1. The Labute approximate surface area is 141 Å². The predicted molar refractivity (Wildman–Crippen MR) is 92.0 cm³/mol. The van der Waals surface area contributed by atoms with E-state index in [1.807, 2.05) is 48.5 Å². The molecule has 2 aromatic carbocycles. The molecular weight excluding hydrogens is 302 g/mol. The lowest BCUT2D eigenvalue weighted by atomic mass is 9.96. The summed E-state index contributed by atoms with van der Waals surface area (Å²) in [7, 11) is 1.62. The van der Waals surface area contributed by atoms with Crippen molar-refractivity contribution in [1.82, 2.24) is 5.32 Å². The van der Waals surface area contributed by atoms with Crippen LogP contribution in [-0.4, -0.2) is 26.2 Å². The summed E-state index contributed by atoms with van der Waals surface area (Å²) in [6, 6.07) is 15.4. The first-order valence-electron chi connectivity index (χ1n) is 7.87. The maximum atomic E-state index is 12.3. The average molecular weight is 321 g/mol. The summed E-state index contributed by atoms with van der Waals surface area (Å²) >= 11 is 0. The number of carbonyl (C=O) groups is 1. The van der Waals surface area contributed by atoms with Crippen molar-refractivity contribution in [3.63, 3.8) is 0 Å². The molecule has 1 aliphatic heterocycles. The zero-order chi connectivity index (χ0) is 16.8. The number of amides is 1. The van der Waals surface area contributed by atoms with Gasteiger partial charge in [0, 0.05) is 11.6 Å². The summed E-state index contributed by atoms with van der Waals surface area (Å²) in [5.41, 5.74) is 1.97. The molecule has 1 heterocycles. The van der Waals surface area contributed by atoms with E-state index in [9.17, 15) is 4.79 Å². The van der Waals surface area contributed by atoms with Crippen LogP contribution in [0.1, 0.15) is 11.1 Å². The van der Waals surface area contributed by atoms with Crippen LogP contribution in [0.25, 0.3) is 0 Å². The van der Waals surface area contributed by atoms with Gasteiger partial charge in [-0.05, 0) is 30.2 Å². The quantitative estimate of drug-likeness (QED) is 0.883. The van der Waals surface area contributed by atoms with Crippen LogP contribution < -0.4 is 14.8 Å². The Morgan fingerprint density at radius 3 is 2.92 bits per heavy atom. The van der Waals surface area contributed by atoms with Crippen LogP contribution in [0.4, 0.5) is 0 Å². The maximum absolute atomic E-state index is 12.3. The van der Waals surface area contributed by atoms with E-state index in [-0.39, 0.29) is 11.8 Å². The molecule has 2 aromatic rings. The van der Waals surface area contributed by atoms with Gasteiger partial charge in [0.1, 0.15) is 18.1 Å². The Bertz CT molecular complexity index is 774. The number of carbonyl (C=O) groups excluding carboxylic acids is 1. The molecule has 0 bridgehead atoms. The molecule has 1 amide bonds. The van der Waals surface area contributed by atoms with E-state index in [1.54, 1.807) is 7.11 Å². The molecule has 1 N–H and O–H groups in total. The second-order valence-electron chi connectivity index (χ2n) is 5.57. The van der Waals surface area contributed by atoms with Gasteiger partial charge in [0.15, 0.2) is 0 Å². The highest BCUT2D eigenvalue weighted by atomic mass is 16.5. The van der Waals surface area contributed by atoms with E-state index in [1.165, 1.54) is 0 Å². The number of hydrogen-bond acceptors (Lipinski definition) is 3. The van der Waals surface area contributed by atoms with Gasteiger partial charge >= 0.3 is 0 Å². The SMILES string of the molecule is COc1ccc2c(c1)OC[C@H](C(=O)NCC#Cc1ccccc1)C2. The molecule has 122 valence electrons. The molecule has 0 radical (unpaired) electrons. The number of fused-ring (bicyclic) bond motifs is 1. The molecule has 0 spiro atoms. The Balaban J connectivity index is 1.54. The number of hydrogen-bond donors (Lipinski definition) is 1. The van der Waals surface area contributed by atoms with Crippen molar-refractivity contribution in [2.75, 3.05) is 20.3 Å². The topological polar surface area (TPSA) is 47.6 Å². The number of benzene rings is 2. The molecule has 0 fully saturated rings. The third kappa shape index (κ3) is 3.88. The van der Waals surface area contributed by atoms with E-state index in [2.05, 4.69) is 17.2 Å². The van der Waals surface area contributed by atoms with Crippen molar-refractivity contribution in [1.29, 1.82) is 0 Å². The summed E-state index contributed by atoms with van der Waals surface area (Å²) in [5.74, 6) is 7.32. The summed E-state index contributed by atoms with van der Waals surface area (Å²) in [5, 5.41) is 2.86. The highest BCUT2D eigenvalue weighted by Crippen LogP contribution is 2.30. The van der Waals surface area contributed by atoms with E-state index < -0.39 is 0 Å². The van der Waals surface area contributed by atoms with Gasteiger partial charge in [-0.2, -0.15) is 0 Å². The van der Waals surface area contributed by atoms with Crippen LogP contribution in [-0.2, 0) is 11.2 Å². The van der Waals surface area contributed by atoms with E-state index in [4.69, 9.17) is 9.47 Å². The predicted octanol–water partition coefficient (Wildman–Crippen LogP) is 2.41. The molecular formula is C20H19NO3. The molecule has 3 rings (SSSR count). The standard InChI is InChI=1S/C20H19NO3/c1-23-18-10-9-16-12-17(14-24-19(16)13-18)20(22)21-11-5-8-15-6-3-2-4-7-15/h2-4,6-7,9-10,13,17H,11-12,14H2,1H3,(H,21,22)/t17-/m1/s1. The van der Waals surface area contributed by atoms with Crippen molar-refractivity contribution in [3.05, 3.63) is 59.7 Å². The minimum Gasteiger partial charge on any atom is -0.497 e. The molecule has 24 heavy (non-hydrogen) atoms. The lowest BCUT2D eigenvalue weighted by Gasteiger charge is -2.24. The fourth-order valence-corrected chi connectivity index (χ4v) is 2.59. The van der Waals surface area contributed by atoms with E-state index in [0.717, 1.165) is 22.6 Å². The number of methoxy groups -OCH3 is 1. The van der Waals surface area contributed by atoms with Gasteiger partial charge in [-0.15, -0.1) is 0 Å². The molecule has 0 aromatic heterocycles. The normalized spacial score (nSPS) is 15.3. The summed E-state index contributed by atoms with van der Waals surface area (Å²) < 4.78 is 10.9. The Morgan fingerprint density at radius 2 is 2.12 bits per heavy atom. The van der Waals surface area contributed by atoms with Gasteiger partial charge in [-0.25, -0.2) is 0 Å². The lowest BCUT2D eigenvalue weighted by Crippen LogP contribution is -2.37. The Morgan fingerprint density at radius 1 is 1.29 bits per heavy atom. The van der Waals surface area contributed by atoms with Crippen molar-refractivity contribution in [2.45, 2.75) is 6.42 Å². The Hall–Kier alpha value is -2.93. The summed E-state index contributed by atoms with van der Waals surface area (Å²) in [6.07, 6.45) is 0.664. The average Bonchev–Trinajstić information content (AvgIpc) is 2.65. The largest absolute Gasteiger partial charge is 0.497 e. The molecule has 0 saturated carbocycles. The zero-order valence-electron chi connectivity index (χ0n) is 13.5. The third-order valence-corrected chi connectivity index (χ3v) is 3.91. The van der Waals surface area contributed by atoms with E-state index >= 15 is 0 Å². The smallest absolute Gasteiger partial charge is 0.227 e. The highest BCUT2D eigenvalue weighted by Gasteiger charge is 2.25. The van der Waals surface area contributed by atoms with Gasteiger partial charge in [0.05, 0.1) is 19.6 Å². The zero-order valence-corrected chi connectivity index (χ0v) is 13.5. The second kappa shape index (κ2) is 7.56. The lowest BCUT2D eigenvalue weighted by molar-refractivity contribution is -0.126. The molecule has 4 nitrogen and oxygen atoms in total. The summed E-state index contributed by atoms with van der Waals surface area (Å²) in [4.78, 5) is 12.3. The summed E-state index contributed by atoms with van der Waals surface area (Å²) in [6.45, 7) is 0.706. The second-order valence-corrected chi connectivity index (χ2v) is 5.57. The first-order valence-corrected chi connectivity index (χ1v) is 7.87. The van der Waals surface area contributed by atoms with Crippen molar-refractivity contribution in [2.24, 2.45) is 5.92 Å². The Kier molecular flexibility index (Phi) is 5.02. The van der Waals surface area contributed by atoms with Crippen LogP contribution in [0.2, 0.25) is 0 Å². The molecule has 0 saturated heterocycles. The van der Waals surface area contributed by atoms with Crippen LogP contribution in [0, 0.1) is 17.8 Å². The highest BCUT2D eigenvalue weighted by molar-refractivity contribution is 5.79. The fourth-order valence-electron chi connectivity index (χ4n) is 2.59. The molecule has 1 aliphatic rings.